The fourth-order valence-corrected chi connectivity index (χ4v) is 1.25. The standard InChI is InChI=1S/C11H9FN2O3/c12-7-1-3-8(4-2-7)13-11(15)9-5-6-10(14-16)17-9/h1-6,14,16H,(H,13,15). The van der Waals surface area contributed by atoms with Crippen molar-refractivity contribution in [1.82, 2.24) is 0 Å². The number of benzene rings is 1. The first-order valence-electron chi connectivity index (χ1n) is 4.76. The van der Waals surface area contributed by atoms with Crippen LogP contribution < -0.4 is 10.8 Å². The van der Waals surface area contributed by atoms with Gasteiger partial charge in [-0.05, 0) is 30.3 Å². The van der Waals surface area contributed by atoms with E-state index < -0.39 is 5.91 Å². The Kier molecular flexibility index (Phi) is 3.06. The van der Waals surface area contributed by atoms with E-state index in [9.17, 15) is 9.18 Å². The highest BCUT2D eigenvalue weighted by Crippen LogP contribution is 2.15. The minimum Gasteiger partial charge on any atom is -0.433 e. The molecular weight excluding hydrogens is 227 g/mol. The highest BCUT2D eigenvalue weighted by molar-refractivity contribution is 6.02. The molecular formula is C11H9FN2O3. The van der Waals surface area contributed by atoms with E-state index in [2.05, 4.69) is 5.32 Å². The van der Waals surface area contributed by atoms with Gasteiger partial charge in [-0.15, -0.1) is 0 Å². The van der Waals surface area contributed by atoms with Crippen molar-refractivity contribution in [2.24, 2.45) is 0 Å². The monoisotopic (exact) mass is 236 g/mol. The van der Waals surface area contributed by atoms with Gasteiger partial charge in [0.05, 0.1) is 0 Å². The molecule has 2 rings (SSSR count). The first-order valence-corrected chi connectivity index (χ1v) is 4.76. The van der Waals surface area contributed by atoms with Crippen molar-refractivity contribution in [2.75, 3.05) is 10.8 Å². The Hall–Kier alpha value is -2.34. The summed E-state index contributed by atoms with van der Waals surface area (Å²) in [7, 11) is 0. The maximum atomic E-state index is 12.6. The number of hydrogen-bond acceptors (Lipinski definition) is 4. The molecule has 1 aromatic heterocycles. The van der Waals surface area contributed by atoms with Gasteiger partial charge in [0, 0.05) is 11.8 Å². The molecule has 1 heterocycles. The van der Waals surface area contributed by atoms with Crippen LogP contribution in [-0.4, -0.2) is 11.1 Å². The van der Waals surface area contributed by atoms with Crippen LogP contribution in [0.1, 0.15) is 10.6 Å². The summed E-state index contributed by atoms with van der Waals surface area (Å²) >= 11 is 0. The van der Waals surface area contributed by atoms with Crippen LogP contribution in [0.25, 0.3) is 0 Å². The Balaban J connectivity index is 2.08. The highest BCUT2D eigenvalue weighted by atomic mass is 19.1. The minimum atomic E-state index is -0.488. The van der Waals surface area contributed by atoms with Gasteiger partial charge in [-0.1, -0.05) is 0 Å². The molecule has 0 aliphatic carbocycles. The van der Waals surface area contributed by atoms with Crippen molar-refractivity contribution < 1.29 is 18.8 Å². The van der Waals surface area contributed by atoms with Crippen LogP contribution in [0.15, 0.2) is 40.8 Å². The number of anilines is 2. The fraction of sp³-hybridized carbons (Fsp3) is 0. The quantitative estimate of drug-likeness (QED) is 0.715. The van der Waals surface area contributed by atoms with Gasteiger partial charge in [-0.25, -0.2) is 9.87 Å². The van der Waals surface area contributed by atoms with E-state index in [0.29, 0.717) is 5.69 Å². The lowest BCUT2D eigenvalue weighted by Crippen LogP contribution is -2.10. The average Bonchev–Trinajstić information content (AvgIpc) is 2.81. The average molecular weight is 236 g/mol. The Morgan fingerprint density at radius 2 is 1.88 bits per heavy atom. The number of carbonyl (C=O) groups excluding carboxylic acids is 1. The Morgan fingerprint density at radius 1 is 1.18 bits per heavy atom. The third kappa shape index (κ3) is 2.61. The van der Waals surface area contributed by atoms with E-state index in [-0.39, 0.29) is 17.5 Å². The van der Waals surface area contributed by atoms with Crippen molar-refractivity contribution in [3.8, 4) is 0 Å². The number of halogens is 1. The van der Waals surface area contributed by atoms with Crippen LogP contribution in [0.3, 0.4) is 0 Å². The molecule has 0 bridgehead atoms. The number of hydrogen-bond donors (Lipinski definition) is 3. The molecule has 0 radical (unpaired) electrons. The molecule has 0 aliphatic rings. The number of carbonyl (C=O) groups is 1. The molecule has 0 spiro atoms. The largest absolute Gasteiger partial charge is 0.433 e. The van der Waals surface area contributed by atoms with Crippen LogP contribution in [0, 0.1) is 5.82 Å². The molecule has 0 atom stereocenters. The van der Waals surface area contributed by atoms with Crippen molar-refractivity contribution >= 4 is 17.5 Å². The molecule has 3 N–H and O–H groups in total. The zero-order valence-electron chi connectivity index (χ0n) is 8.61. The highest BCUT2D eigenvalue weighted by Gasteiger charge is 2.11. The Morgan fingerprint density at radius 3 is 2.47 bits per heavy atom. The van der Waals surface area contributed by atoms with E-state index in [0.717, 1.165) is 0 Å². The van der Waals surface area contributed by atoms with Gasteiger partial charge in [-0.3, -0.25) is 10.0 Å². The molecule has 6 heteroatoms. The Bertz CT molecular complexity index is 522. The summed E-state index contributed by atoms with van der Waals surface area (Å²) in [6, 6.07) is 8.14. The van der Waals surface area contributed by atoms with Gasteiger partial charge in [-0.2, -0.15) is 0 Å². The molecule has 88 valence electrons. The SMILES string of the molecule is O=C(Nc1ccc(F)cc1)c1ccc(NO)o1. The van der Waals surface area contributed by atoms with Crippen molar-refractivity contribution in [1.29, 1.82) is 0 Å². The van der Waals surface area contributed by atoms with Crippen LogP contribution in [-0.2, 0) is 0 Å². The molecule has 0 unspecified atom stereocenters. The number of amides is 1. The van der Waals surface area contributed by atoms with Crippen molar-refractivity contribution in [3.05, 3.63) is 48.0 Å². The lowest BCUT2D eigenvalue weighted by atomic mass is 10.3. The molecule has 2 aromatic rings. The second kappa shape index (κ2) is 4.67. The van der Waals surface area contributed by atoms with Crippen LogP contribution in [0.4, 0.5) is 16.0 Å². The Labute approximate surface area is 95.8 Å². The third-order valence-electron chi connectivity index (χ3n) is 2.04. The molecule has 0 saturated heterocycles. The predicted octanol–water partition coefficient (Wildman–Crippen LogP) is 2.47. The van der Waals surface area contributed by atoms with Gasteiger partial charge in [0.25, 0.3) is 5.91 Å². The molecule has 17 heavy (non-hydrogen) atoms. The van der Waals surface area contributed by atoms with E-state index in [1.54, 1.807) is 5.48 Å². The second-order valence-corrected chi connectivity index (χ2v) is 3.24. The van der Waals surface area contributed by atoms with Crippen molar-refractivity contribution in [2.45, 2.75) is 0 Å². The summed E-state index contributed by atoms with van der Waals surface area (Å²) in [4.78, 5) is 11.6. The number of rotatable bonds is 3. The molecule has 1 amide bonds. The smallest absolute Gasteiger partial charge is 0.291 e. The maximum Gasteiger partial charge on any atom is 0.291 e. The first kappa shape index (κ1) is 11.2. The molecule has 0 aliphatic heterocycles. The number of furan rings is 1. The first-order chi connectivity index (χ1) is 8.19. The summed E-state index contributed by atoms with van der Waals surface area (Å²) < 4.78 is 17.6. The van der Waals surface area contributed by atoms with E-state index in [1.165, 1.54) is 36.4 Å². The lowest BCUT2D eigenvalue weighted by Gasteiger charge is -2.02. The predicted molar refractivity (Wildman–Crippen MR) is 58.5 cm³/mol. The van der Waals surface area contributed by atoms with E-state index in [4.69, 9.17) is 9.62 Å². The molecule has 5 nitrogen and oxygen atoms in total. The normalized spacial score (nSPS) is 10.0. The van der Waals surface area contributed by atoms with Crippen molar-refractivity contribution in [3.63, 3.8) is 0 Å². The number of nitrogens with one attached hydrogen (secondary N) is 2. The zero-order chi connectivity index (χ0) is 12.3. The van der Waals surface area contributed by atoms with Gasteiger partial charge in [0.1, 0.15) is 5.82 Å². The van der Waals surface area contributed by atoms with E-state index in [1.807, 2.05) is 0 Å². The third-order valence-corrected chi connectivity index (χ3v) is 2.04. The summed E-state index contributed by atoms with van der Waals surface area (Å²) in [6.07, 6.45) is 0. The van der Waals surface area contributed by atoms with Gasteiger partial charge in [0.2, 0.25) is 5.88 Å². The van der Waals surface area contributed by atoms with Gasteiger partial charge < -0.3 is 9.73 Å². The molecule has 0 fully saturated rings. The maximum absolute atomic E-state index is 12.6. The van der Waals surface area contributed by atoms with E-state index >= 15 is 0 Å². The molecule has 0 saturated carbocycles. The van der Waals surface area contributed by atoms with Crippen LogP contribution in [0.5, 0.6) is 0 Å². The molecule has 1 aromatic carbocycles. The van der Waals surface area contributed by atoms with Gasteiger partial charge >= 0.3 is 0 Å². The fourth-order valence-electron chi connectivity index (χ4n) is 1.25. The van der Waals surface area contributed by atoms with Crippen LogP contribution >= 0.6 is 0 Å². The summed E-state index contributed by atoms with van der Waals surface area (Å²) in [5.74, 6) is -0.772. The lowest BCUT2D eigenvalue weighted by molar-refractivity contribution is 0.0997. The minimum absolute atomic E-state index is 0.0332. The summed E-state index contributed by atoms with van der Waals surface area (Å²) in [5.41, 5.74) is 2.23. The summed E-state index contributed by atoms with van der Waals surface area (Å²) in [5, 5.41) is 11.0. The summed E-state index contributed by atoms with van der Waals surface area (Å²) in [6.45, 7) is 0. The second-order valence-electron chi connectivity index (χ2n) is 3.24. The topological polar surface area (TPSA) is 74.5 Å². The van der Waals surface area contributed by atoms with Gasteiger partial charge in [0.15, 0.2) is 5.76 Å². The van der Waals surface area contributed by atoms with Crippen LogP contribution in [0.2, 0.25) is 0 Å². The zero-order valence-corrected chi connectivity index (χ0v) is 8.61.